The monoisotopic (exact) mass is 356 g/mol. The molecule has 0 unspecified atom stereocenters. The smallest absolute Gasteiger partial charge is 0.212 e. The predicted molar refractivity (Wildman–Crippen MR) is 82.3 cm³/mol. The summed E-state index contributed by atoms with van der Waals surface area (Å²) in [6.45, 7) is 0. The van der Waals surface area contributed by atoms with Gasteiger partial charge in [-0.25, -0.2) is 14.4 Å². The summed E-state index contributed by atoms with van der Waals surface area (Å²) in [5.41, 5.74) is -0.559. The van der Waals surface area contributed by atoms with E-state index in [0.29, 0.717) is 5.56 Å². The summed E-state index contributed by atoms with van der Waals surface area (Å²) < 4.78 is 32.5. The van der Waals surface area contributed by atoms with E-state index in [0.717, 1.165) is 23.9 Å². The molecule has 1 aliphatic rings. The van der Waals surface area contributed by atoms with Crippen LogP contribution >= 0.6 is 11.8 Å². The van der Waals surface area contributed by atoms with E-state index in [1.807, 2.05) is 0 Å². The third-order valence-corrected chi connectivity index (χ3v) is 4.76. The van der Waals surface area contributed by atoms with Gasteiger partial charge in [-0.3, -0.25) is 0 Å². The minimum absolute atomic E-state index is 0.0119. The number of pyridine rings is 2. The minimum Gasteiger partial charge on any atom is -0.475 e. The molecule has 0 bridgehead atoms. The Morgan fingerprint density at radius 1 is 1.08 bits per heavy atom. The van der Waals surface area contributed by atoms with E-state index in [-0.39, 0.29) is 17.2 Å². The first-order valence-electron chi connectivity index (χ1n) is 7.05. The minimum atomic E-state index is -1.33. The normalized spacial score (nSPS) is 27.0. The lowest BCUT2D eigenvalue weighted by molar-refractivity contribution is -0.0786. The van der Waals surface area contributed by atoms with E-state index in [2.05, 4.69) is 9.97 Å². The van der Waals surface area contributed by atoms with Crippen molar-refractivity contribution in [1.82, 2.24) is 9.97 Å². The number of aliphatic hydroxyl groups is 3. The number of aromatic nitrogens is 2. The number of thioether (sulfide) groups is 1. The molecule has 0 aliphatic carbocycles. The molecular formula is C15H14F2N2O4S. The second-order valence-electron chi connectivity index (χ2n) is 5.24. The fourth-order valence-electron chi connectivity index (χ4n) is 2.23. The molecule has 3 rings (SSSR count). The summed E-state index contributed by atoms with van der Waals surface area (Å²) >= 11 is 1.10. The van der Waals surface area contributed by atoms with Gasteiger partial charge in [-0.1, -0.05) is 0 Å². The zero-order valence-electron chi connectivity index (χ0n) is 12.2. The standard InChI is InChI=1S/C15H14F2N2O4S/c16-9-3-8(23-15-14(22)13(21)10(20)6-24-15)5-19-12(9)7-1-2-11(17)18-4-7/h1-5,10,13-15,20-22H,6H2/t10-,13+,14-,15+/m1/s1. The van der Waals surface area contributed by atoms with Gasteiger partial charge in [0.1, 0.15) is 23.7 Å². The Morgan fingerprint density at radius 2 is 1.88 bits per heavy atom. The van der Waals surface area contributed by atoms with Gasteiger partial charge in [-0.15, -0.1) is 11.8 Å². The third-order valence-electron chi connectivity index (χ3n) is 3.52. The second kappa shape index (κ2) is 6.98. The Labute approximate surface area is 140 Å². The van der Waals surface area contributed by atoms with Crippen LogP contribution in [0.15, 0.2) is 30.6 Å². The molecule has 1 aliphatic heterocycles. The molecule has 0 saturated carbocycles. The highest BCUT2D eigenvalue weighted by Crippen LogP contribution is 2.30. The number of halogens is 2. The molecule has 2 aromatic heterocycles. The van der Waals surface area contributed by atoms with Gasteiger partial charge in [0, 0.05) is 23.6 Å². The van der Waals surface area contributed by atoms with Crippen LogP contribution in [0, 0.1) is 11.8 Å². The van der Waals surface area contributed by atoms with Crippen molar-refractivity contribution in [2.24, 2.45) is 0 Å². The Bertz CT molecular complexity index is 719. The van der Waals surface area contributed by atoms with Gasteiger partial charge in [-0.2, -0.15) is 4.39 Å². The lowest BCUT2D eigenvalue weighted by Gasteiger charge is -2.34. The molecule has 9 heteroatoms. The molecular weight excluding hydrogens is 342 g/mol. The summed E-state index contributed by atoms with van der Waals surface area (Å²) in [4.78, 5) is 7.38. The Morgan fingerprint density at radius 3 is 2.54 bits per heavy atom. The van der Waals surface area contributed by atoms with Gasteiger partial charge >= 0.3 is 0 Å². The average molecular weight is 356 g/mol. The molecule has 1 fully saturated rings. The van der Waals surface area contributed by atoms with Crippen LogP contribution in [0.25, 0.3) is 11.3 Å². The Kier molecular flexibility index (Phi) is 4.95. The van der Waals surface area contributed by atoms with Crippen LogP contribution in [0.4, 0.5) is 8.78 Å². The van der Waals surface area contributed by atoms with Gasteiger partial charge in [0.05, 0.1) is 12.3 Å². The van der Waals surface area contributed by atoms with Crippen LogP contribution in [-0.4, -0.2) is 54.8 Å². The number of hydrogen-bond donors (Lipinski definition) is 3. The molecule has 4 atom stereocenters. The maximum Gasteiger partial charge on any atom is 0.212 e. The quantitative estimate of drug-likeness (QED) is 0.705. The topological polar surface area (TPSA) is 95.7 Å². The van der Waals surface area contributed by atoms with Crippen LogP contribution in [0.1, 0.15) is 0 Å². The number of hydrogen-bond acceptors (Lipinski definition) is 7. The van der Waals surface area contributed by atoms with E-state index < -0.39 is 35.5 Å². The van der Waals surface area contributed by atoms with Crippen molar-refractivity contribution in [2.75, 3.05) is 5.75 Å². The first-order chi connectivity index (χ1) is 11.5. The molecule has 2 aromatic rings. The summed E-state index contributed by atoms with van der Waals surface area (Å²) in [5, 5.41) is 29.0. The molecule has 24 heavy (non-hydrogen) atoms. The SMILES string of the molecule is O[C@@H]1[C@@H](O)[C@@H](Oc2cnc(-c3ccc(F)nc3)c(F)c2)SC[C@H]1O. The first kappa shape index (κ1) is 17.0. The third kappa shape index (κ3) is 3.48. The molecule has 0 amide bonds. The van der Waals surface area contributed by atoms with Crippen molar-refractivity contribution in [1.29, 1.82) is 0 Å². The van der Waals surface area contributed by atoms with Crippen LogP contribution in [0.3, 0.4) is 0 Å². The van der Waals surface area contributed by atoms with E-state index >= 15 is 0 Å². The molecule has 128 valence electrons. The van der Waals surface area contributed by atoms with E-state index in [1.54, 1.807) is 0 Å². The largest absolute Gasteiger partial charge is 0.475 e. The summed E-state index contributed by atoms with van der Waals surface area (Å²) in [6.07, 6.45) is -1.28. The van der Waals surface area contributed by atoms with Crippen molar-refractivity contribution in [3.05, 3.63) is 42.4 Å². The summed E-state index contributed by atoms with van der Waals surface area (Å²) in [6, 6.07) is 3.53. The van der Waals surface area contributed by atoms with Gasteiger partial charge in [-0.05, 0) is 12.1 Å². The average Bonchev–Trinajstić information content (AvgIpc) is 2.57. The maximum atomic E-state index is 14.2. The fraction of sp³-hybridized carbons (Fsp3) is 0.333. The van der Waals surface area contributed by atoms with Crippen LogP contribution in [0.5, 0.6) is 5.75 Å². The molecule has 3 N–H and O–H groups in total. The molecule has 0 aromatic carbocycles. The molecule has 0 spiro atoms. The van der Waals surface area contributed by atoms with Crippen LogP contribution in [0.2, 0.25) is 0 Å². The van der Waals surface area contributed by atoms with Crippen molar-refractivity contribution >= 4 is 11.8 Å². The first-order valence-corrected chi connectivity index (χ1v) is 8.10. The van der Waals surface area contributed by atoms with Gasteiger partial charge in [0.25, 0.3) is 0 Å². The Balaban J connectivity index is 1.76. The van der Waals surface area contributed by atoms with Gasteiger partial charge < -0.3 is 20.1 Å². The zero-order valence-corrected chi connectivity index (χ0v) is 13.0. The summed E-state index contributed by atoms with van der Waals surface area (Å²) in [5.74, 6) is -1.13. The van der Waals surface area contributed by atoms with Gasteiger partial charge in [0.15, 0.2) is 11.3 Å². The van der Waals surface area contributed by atoms with Crippen molar-refractivity contribution in [2.45, 2.75) is 23.7 Å². The lowest BCUT2D eigenvalue weighted by Crippen LogP contribution is -2.50. The zero-order chi connectivity index (χ0) is 17.3. The number of rotatable bonds is 3. The molecule has 3 heterocycles. The summed E-state index contributed by atoms with van der Waals surface area (Å²) in [7, 11) is 0. The van der Waals surface area contributed by atoms with Gasteiger partial charge in [0.2, 0.25) is 5.95 Å². The fourth-order valence-corrected chi connectivity index (χ4v) is 3.35. The van der Waals surface area contributed by atoms with E-state index in [9.17, 15) is 24.1 Å². The number of ether oxygens (including phenoxy) is 1. The van der Waals surface area contributed by atoms with Crippen molar-refractivity contribution in [3.63, 3.8) is 0 Å². The highest BCUT2D eigenvalue weighted by atomic mass is 32.2. The second-order valence-corrected chi connectivity index (χ2v) is 6.37. The highest BCUT2D eigenvalue weighted by Gasteiger charge is 2.38. The molecule has 6 nitrogen and oxygen atoms in total. The molecule has 1 saturated heterocycles. The Hall–Kier alpha value is -1.81. The number of nitrogens with zero attached hydrogens (tertiary/aromatic N) is 2. The van der Waals surface area contributed by atoms with E-state index in [1.165, 1.54) is 18.5 Å². The maximum absolute atomic E-state index is 14.2. The highest BCUT2D eigenvalue weighted by molar-refractivity contribution is 7.99. The lowest BCUT2D eigenvalue weighted by atomic mass is 10.1. The predicted octanol–water partition coefficient (Wildman–Crippen LogP) is 0.956. The van der Waals surface area contributed by atoms with Crippen molar-refractivity contribution in [3.8, 4) is 17.0 Å². The number of aliphatic hydroxyl groups excluding tert-OH is 3. The molecule has 0 radical (unpaired) electrons. The van der Waals surface area contributed by atoms with Crippen LogP contribution in [-0.2, 0) is 0 Å². The van der Waals surface area contributed by atoms with Crippen LogP contribution < -0.4 is 4.74 Å². The van der Waals surface area contributed by atoms with E-state index in [4.69, 9.17) is 4.74 Å². The van der Waals surface area contributed by atoms with Crippen molar-refractivity contribution < 1.29 is 28.8 Å².